The van der Waals surface area contributed by atoms with Crippen LogP contribution in [0.15, 0.2) is 18.2 Å². The van der Waals surface area contributed by atoms with Crippen molar-refractivity contribution < 1.29 is 9.11 Å². The van der Waals surface area contributed by atoms with Crippen molar-refractivity contribution in [3.05, 3.63) is 35.4 Å². The standard InChI is InChI=1S/C8H9O2S/c9-11(10)5-7-3-1-2-4-8(7)6-11/h1,3-4,9-10H,5-6H2. The maximum atomic E-state index is 9.34. The molecule has 1 aliphatic heterocycles. The van der Waals surface area contributed by atoms with E-state index in [0.717, 1.165) is 11.1 Å². The summed E-state index contributed by atoms with van der Waals surface area (Å²) in [5.41, 5.74) is 2.09. The van der Waals surface area contributed by atoms with E-state index in [4.69, 9.17) is 0 Å². The van der Waals surface area contributed by atoms with Crippen LogP contribution in [-0.4, -0.2) is 9.11 Å². The molecule has 0 fully saturated rings. The molecule has 0 aromatic heterocycles. The Balaban J connectivity index is 2.41. The second-order valence-corrected chi connectivity index (χ2v) is 4.97. The lowest BCUT2D eigenvalue weighted by Crippen LogP contribution is -1.92. The second kappa shape index (κ2) is 2.24. The highest BCUT2D eigenvalue weighted by atomic mass is 32.3. The van der Waals surface area contributed by atoms with Crippen LogP contribution >= 0.6 is 10.6 Å². The van der Waals surface area contributed by atoms with Gasteiger partial charge >= 0.3 is 0 Å². The quantitative estimate of drug-likeness (QED) is 0.625. The number of hydrogen-bond donors (Lipinski definition) is 2. The summed E-state index contributed by atoms with van der Waals surface area (Å²) < 4.78 is 18.7. The van der Waals surface area contributed by atoms with Gasteiger partial charge in [-0.25, -0.2) is 0 Å². The van der Waals surface area contributed by atoms with Gasteiger partial charge in [0.2, 0.25) is 0 Å². The van der Waals surface area contributed by atoms with Crippen LogP contribution in [0.3, 0.4) is 0 Å². The molecule has 1 radical (unpaired) electrons. The maximum Gasteiger partial charge on any atom is 0.0631 e. The summed E-state index contributed by atoms with van der Waals surface area (Å²) >= 11 is 0. The van der Waals surface area contributed by atoms with Gasteiger partial charge in [-0.15, -0.1) is 0 Å². The van der Waals surface area contributed by atoms with Crippen molar-refractivity contribution in [2.24, 2.45) is 0 Å². The molecule has 0 spiro atoms. The van der Waals surface area contributed by atoms with Crippen molar-refractivity contribution in [2.75, 3.05) is 0 Å². The maximum absolute atomic E-state index is 9.34. The van der Waals surface area contributed by atoms with Gasteiger partial charge in [0, 0.05) is 0 Å². The van der Waals surface area contributed by atoms with Crippen LogP contribution in [-0.2, 0) is 11.5 Å². The molecule has 2 N–H and O–H groups in total. The first-order valence-corrected chi connectivity index (χ1v) is 5.27. The molecular weight excluding hydrogens is 160 g/mol. The average Bonchev–Trinajstić information content (AvgIpc) is 2.21. The van der Waals surface area contributed by atoms with E-state index in [0.29, 0.717) is 11.5 Å². The van der Waals surface area contributed by atoms with E-state index >= 15 is 0 Å². The Morgan fingerprint density at radius 1 is 1.27 bits per heavy atom. The molecule has 0 saturated carbocycles. The highest BCUT2D eigenvalue weighted by Gasteiger charge is 2.23. The minimum atomic E-state index is -2.33. The van der Waals surface area contributed by atoms with E-state index in [1.807, 2.05) is 12.1 Å². The first-order chi connectivity index (χ1) is 5.17. The summed E-state index contributed by atoms with van der Waals surface area (Å²) in [5, 5.41) is 0. The Kier molecular flexibility index (Phi) is 1.45. The largest absolute Gasteiger partial charge is 0.299 e. The van der Waals surface area contributed by atoms with Gasteiger partial charge in [-0.3, -0.25) is 9.11 Å². The highest BCUT2D eigenvalue weighted by molar-refractivity contribution is 8.23. The van der Waals surface area contributed by atoms with Gasteiger partial charge in [0.15, 0.2) is 0 Å². The SMILES string of the molecule is OS1(O)Cc2c[c]ccc2C1. The predicted octanol–water partition coefficient (Wildman–Crippen LogP) is 2.25. The van der Waals surface area contributed by atoms with Crippen LogP contribution in [0.1, 0.15) is 11.1 Å². The van der Waals surface area contributed by atoms with E-state index in [1.54, 1.807) is 6.07 Å². The first-order valence-electron chi connectivity index (χ1n) is 3.39. The summed E-state index contributed by atoms with van der Waals surface area (Å²) in [5.74, 6) is 0.844. The molecule has 1 aliphatic rings. The van der Waals surface area contributed by atoms with Gasteiger partial charge in [0.25, 0.3) is 0 Å². The monoisotopic (exact) mass is 169 g/mol. The fourth-order valence-corrected chi connectivity index (χ4v) is 2.97. The van der Waals surface area contributed by atoms with Crippen molar-refractivity contribution in [3.8, 4) is 0 Å². The zero-order valence-electron chi connectivity index (χ0n) is 5.95. The van der Waals surface area contributed by atoms with Crippen LogP contribution in [0, 0.1) is 6.07 Å². The smallest absolute Gasteiger partial charge is 0.0631 e. The molecule has 0 amide bonds. The Morgan fingerprint density at radius 2 is 2.00 bits per heavy atom. The molecule has 0 saturated heterocycles. The number of benzene rings is 1. The van der Waals surface area contributed by atoms with E-state index in [-0.39, 0.29) is 0 Å². The summed E-state index contributed by atoms with van der Waals surface area (Å²) in [6.07, 6.45) is 0. The van der Waals surface area contributed by atoms with Crippen LogP contribution in [0.4, 0.5) is 0 Å². The van der Waals surface area contributed by atoms with Crippen molar-refractivity contribution in [1.29, 1.82) is 0 Å². The Bertz CT molecular complexity index is 256. The third-order valence-corrected chi connectivity index (χ3v) is 3.37. The molecular formula is C8H9O2S. The van der Waals surface area contributed by atoms with Crippen molar-refractivity contribution in [3.63, 3.8) is 0 Å². The number of fused-ring (bicyclic) bond motifs is 1. The van der Waals surface area contributed by atoms with Crippen molar-refractivity contribution in [1.82, 2.24) is 0 Å². The molecule has 0 bridgehead atoms. The molecule has 3 heteroatoms. The summed E-state index contributed by atoms with van der Waals surface area (Å²) in [7, 11) is -2.33. The first kappa shape index (κ1) is 7.16. The predicted molar refractivity (Wildman–Crippen MR) is 45.5 cm³/mol. The van der Waals surface area contributed by atoms with Crippen LogP contribution in [0.5, 0.6) is 0 Å². The Morgan fingerprint density at radius 3 is 2.73 bits per heavy atom. The van der Waals surface area contributed by atoms with Crippen LogP contribution in [0.25, 0.3) is 0 Å². The molecule has 59 valence electrons. The van der Waals surface area contributed by atoms with Crippen molar-refractivity contribution in [2.45, 2.75) is 11.5 Å². The lowest BCUT2D eigenvalue weighted by molar-refractivity contribution is 0.489. The van der Waals surface area contributed by atoms with Crippen molar-refractivity contribution >= 4 is 10.6 Å². The fraction of sp³-hybridized carbons (Fsp3) is 0.250. The molecule has 1 heterocycles. The molecule has 0 aliphatic carbocycles. The summed E-state index contributed by atoms with van der Waals surface area (Å²) in [6, 6.07) is 8.46. The van der Waals surface area contributed by atoms with Gasteiger partial charge in [-0.05, 0) is 23.3 Å². The zero-order chi connectivity index (χ0) is 7.90. The van der Waals surface area contributed by atoms with Crippen LogP contribution in [0.2, 0.25) is 0 Å². The third kappa shape index (κ3) is 1.27. The normalized spacial score (nSPS) is 22.7. The lowest BCUT2D eigenvalue weighted by Gasteiger charge is -2.25. The Hall–Kier alpha value is -0.510. The Labute approximate surface area is 67.2 Å². The van der Waals surface area contributed by atoms with Gasteiger partial charge in [0.05, 0.1) is 11.5 Å². The van der Waals surface area contributed by atoms with E-state index in [1.165, 1.54) is 0 Å². The van der Waals surface area contributed by atoms with Gasteiger partial charge in [-0.2, -0.15) is 10.6 Å². The van der Waals surface area contributed by atoms with Gasteiger partial charge in [0.1, 0.15) is 0 Å². The van der Waals surface area contributed by atoms with E-state index < -0.39 is 10.6 Å². The molecule has 11 heavy (non-hydrogen) atoms. The highest BCUT2D eigenvalue weighted by Crippen LogP contribution is 2.52. The third-order valence-electron chi connectivity index (χ3n) is 1.82. The topological polar surface area (TPSA) is 40.5 Å². The summed E-state index contributed by atoms with van der Waals surface area (Å²) in [4.78, 5) is 0. The lowest BCUT2D eigenvalue weighted by atomic mass is 10.1. The molecule has 2 rings (SSSR count). The molecule has 1 aromatic carbocycles. The van der Waals surface area contributed by atoms with E-state index in [2.05, 4.69) is 6.07 Å². The zero-order valence-corrected chi connectivity index (χ0v) is 6.77. The van der Waals surface area contributed by atoms with Crippen LogP contribution < -0.4 is 0 Å². The molecule has 0 unspecified atom stereocenters. The van der Waals surface area contributed by atoms with Gasteiger partial charge in [-0.1, -0.05) is 12.1 Å². The molecule has 1 aromatic rings. The minimum Gasteiger partial charge on any atom is -0.299 e. The minimum absolute atomic E-state index is 0.416. The number of hydrogen-bond acceptors (Lipinski definition) is 2. The molecule has 0 atom stereocenters. The number of rotatable bonds is 0. The summed E-state index contributed by atoms with van der Waals surface area (Å²) in [6.45, 7) is 0. The molecule has 2 nitrogen and oxygen atoms in total. The van der Waals surface area contributed by atoms with Gasteiger partial charge < -0.3 is 0 Å². The second-order valence-electron chi connectivity index (χ2n) is 2.79. The fourth-order valence-electron chi connectivity index (χ4n) is 1.32. The van der Waals surface area contributed by atoms with E-state index in [9.17, 15) is 9.11 Å². The average molecular weight is 169 g/mol.